The van der Waals surface area contributed by atoms with Crippen LogP contribution in [0.3, 0.4) is 0 Å². The molecule has 1 fully saturated rings. The second kappa shape index (κ2) is 5.93. The number of rotatable bonds is 5. The van der Waals surface area contributed by atoms with Crippen molar-refractivity contribution in [1.29, 1.82) is 0 Å². The lowest BCUT2D eigenvalue weighted by Gasteiger charge is -2.22. The van der Waals surface area contributed by atoms with Crippen LogP contribution in [0.15, 0.2) is 24.3 Å². The van der Waals surface area contributed by atoms with Gasteiger partial charge in [-0.2, -0.15) is 0 Å². The van der Waals surface area contributed by atoms with Crippen LogP contribution in [-0.2, 0) is 0 Å². The van der Waals surface area contributed by atoms with Crippen LogP contribution in [0.4, 0.5) is 5.69 Å². The highest BCUT2D eigenvalue weighted by molar-refractivity contribution is 5.97. The standard InChI is InChI=1S/C14H18N2O3/c1-2-12-4-3-9-15(12)10-14(17)11-5-7-13(8-6-11)16(18)19/h5-8,12H,2-4,9-10H2,1H3. The lowest BCUT2D eigenvalue weighted by molar-refractivity contribution is -0.384. The van der Waals surface area contributed by atoms with Gasteiger partial charge in [-0.05, 0) is 37.9 Å². The third-order valence-corrected chi connectivity index (χ3v) is 3.72. The number of nitrogens with zero attached hydrogens (tertiary/aromatic N) is 2. The molecule has 0 bridgehead atoms. The molecule has 1 aromatic rings. The average Bonchev–Trinajstić information content (AvgIpc) is 2.86. The molecule has 0 saturated carbocycles. The van der Waals surface area contributed by atoms with Gasteiger partial charge in [-0.15, -0.1) is 0 Å². The number of likely N-dealkylation sites (tertiary alicyclic amines) is 1. The first-order chi connectivity index (χ1) is 9.11. The van der Waals surface area contributed by atoms with Crippen molar-refractivity contribution in [2.24, 2.45) is 0 Å². The van der Waals surface area contributed by atoms with Crippen molar-refractivity contribution < 1.29 is 9.72 Å². The Morgan fingerprint density at radius 1 is 1.42 bits per heavy atom. The SMILES string of the molecule is CCC1CCCN1CC(=O)c1ccc([N+](=O)[O-])cc1. The minimum absolute atomic E-state index is 0.0177. The van der Waals surface area contributed by atoms with Crippen LogP contribution in [0.25, 0.3) is 0 Å². The Kier molecular flexibility index (Phi) is 4.27. The van der Waals surface area contributed by atoms with Crippen molar-refractivity contribution in [3.63, 3.8) is 0 Å². The van der Waals surface area contributed by atoms with Crippen molar-refractivity contribution in [2.75, 3.05) is 13.1 Å². The molecule has 0 aromatic heterocycles. The van der Waals surface area contributed by atoms with Crippen LogP contribution in [-0.4, -0.2) is 34.7 Å². The number of nitro benzene ring substituents is 1. The van der Waals surface area contributed by atoms with Crippen molar-refractivity contribution in [3.8, 4) is 0 Å². The Bertz CT molecular complexity index is 470. The van der Waals surface area contributed by atoms with E-state index in [1.165, 1.54) is 24.3 Å². The number of hydrogen-bond acceptors (Lipinski definition) is 4. The van der Waals surface area contributed by atoms with E-state index in [1.54, 1.807) is 0 Å². The molecule has 1 aliphatic heterocycles. The van der Waals surface area contributed by atoms with Gasteiger partial charge in [-0.3, -0.25) is 19.8 Å². The van der Waals surface area contributed by atoms with Crippen molar-refractivity contribution in [3.05, 3.63) is 39.9 Å². The molecule has 0 radical (unpaired) electrons. The van der Waals surface area contributed by atoms with Gasteiger partial charge in [-0.25, -0.2) is 0 Å². The molecule has 0 N–H and O–H groups in total. The number of nitro groups is 1. The van der Waals surface area contributed by atoms with E-state index in [-0.39, 0.29) is 11.5 Å². The molecule has 1 aliphatic rings. The zero-order chi connectivity index (χ0) is 13.8. The predicted octanol–water partition coefficient (Wildman–Crippen LogP) is 2.65. The minimum Gasteiger partial charge on any atom is -0.293 e. The van der Waals surface area contributed by atoms with Crippen molar-refractivity contribution in [2.45, 2.75) is 32.2 Å². The molecule has 1 unspecified atom stereocenters. The number of non-ortho nitro benzene ring substituents is 1. The highest BCUT2D eigenvalue weighted by Crippen LogP contribution is 2.20. The topological polar surface area (TPSA) is 63.5 Å². The summed E-state index contributed by atoms with van der Waals surface area (Å²) in [5.74, 6) is 0.0373. The summed E-state index contributed by atoms with van der Waals surface area (Å²) in [7, 11) is 0. The van der Waals surface area contributed by atoms with Crippen molar-refractivity contribution >= 4 is 11.5 Å². The third-order valence-electron chi connectivity index (χ3n) is 3.72. The van der Waals surface area contributed by atoms with Crippen molar-refractivity contribution in [1.82, 2.24) is 4.90 Å². The Balaban J connectivity index is 2.01. The first-order valence-electron chi connectivity index (χ1n) is 6.63. The zero-order valence-electron chi connectivity index (χ0n) is 11.0. The van der Waals surface area contributed by atoms with Crippen LogP contribution in [0, 0.1) is 10.1 Å². The summed E-state index contributed by atoms with van der Waals surface area (Å²) in [6, 6.07) is 6.35. The fraction of sp³-hybridized carbons (Fsp3) is 0.500. The lowest BCUT2D eigenvalue weighted by atomic mass is 10.1. The lowest BCUT2D eigenvalue weighted by Crippen LogP contribution is -2.33. The van der Waals surface area contributed by atoms with E-state index in [2.05, 4.69) is 11.8 Å². The third kappa shape index (κ3) is 3.17. The molecule has 0 spiro atoms. The van der Waals surface area contributed by atoms with Crippen LogP contribution in [0.1, 0.15) is 36.5 Å². The molecule has 19 heavy (non-hydrogen) atoms. The van der Waals surface area contributed by atoms with Gasteiger partial charge >= 0.3 is 0 Å². The second-order valence-electron chi connectivity index (χ2n) is 4.90. The molecule has 2 rings (SSSR count). The van der Waals surface area contributed by atoms with E-state index in [1.807, 2.05) is 0 Å². The number of benzene rings is 1. The molecule has 0 aliphatic carbocycles. The Morgan fingerprint density at radius 3 is 2.68 bits per heavy atom. The van der Waals surface area contributed by atoms with Gasteiger partial charge in [0.25, 0.3) is 5.69 Å². The highest BCUT2D eigenvalue weighted by Gasteiger charge is 2.25. The minimum atomic E-state index is -0.457. The quantitative estimate of drug-likeness (QED) is 0.465. The molecule has 0 amide bonds. The fourth-order valence-corrected chi connectivity index (χ4v) is 2.61. The van der Waals surface area contributed by atoms with Gasteiger partial charge in [-0.1, -0.05) is 6.92 Å². The Hall–Kier alpha value is -1.75. The van der Waals surface area contributed by atoms with E-state index in [9.17, 15) is 14.9 Å². The number of ketones is 1. The van der Waals surface area contributed by atoms with Gasteiger partial charge in [0.1, 0.15) is 0 Å². The summed E-state index contributed by atoms with van der Waals surface area (Å²) < 4.78 is 0. The van der Waals surface area contributed by atoms with E-state index in [0.29, 0.717) is 18.2 Å². The average molecular weight is 262 g/mol. The molecule has 1 atom stereocenters. The van der Waals surface area contributed by atoms with Gasteiger partial charge < -0.3 is 0 Å². The van der Waals surface area contributed by atoms with Gasteiger partial charge in [0.05, 0.1) is 11.5 Å². The van der Waals surface area contributed by atoms with E-state index in [0.717, 1.165) is 25.8 Å². The fourth-order valence-electron chi connectivity index (χ4n) is 2.61. The second-order valence-corrected chi connectivity index (χ2v) is 4.90. The molecule has 5 nitrogen and oxygen atoms in total. The molecule has 1 heterocycles. The summed E-state index contributed by atoms with van der Waals surface area (Å²) in [4.78, 5) is 24.4. The van der Waals surface area contributed by atoms with Crippen LogP contribution in [0.2, 0.25) is 0 Å². The maximum absolute atomic E-state index is 12.1. The summed E-state index contributed by atoms with van der Waals surface area (Å²) in [6.07, 6.45) is 3.36. The molecule has 1 saturated heterocycles. The molecule has 1 aromatic carbocycles. The molecular formula is C14H18N2O3. The zero-order valence-corrected chi connectivity index (χ0v) is 11.0. The normalized spacial score (nSPS) is 19.5. The van der Waals surface area contributed by atoms with Gasteiger partial charge in [0.2, 0.25) is 0 Å². The predicted molar refractivity (Wildman–Crippen MR) is 72.3 cm³/mol. The molecule has 5 heteroatoms. The summed E-state index contributed by atoms with van der Waals surface area (Å²) in [6.45, 7) is 3.52. The molecular weight excluding hydrogens is 244 g/mol. The first kappa shape index (κ1) is 13.7. The van der Waals surface area contributed by atoms with Gasteiger partial charge in [0, 0.05) is 23.7 Å². The maximum Gasteiger partial charge on any atom is 0.269 e. The van der Waals surface area contributed by atoms with Gasteiger partial charge in [0.15, 0.2) is 5.78 Å². The largest absolute Gasteiger partial charge is 0.293 e. The smallest absolute Gasteiger partial charge is 0.269 e. The monoisotopic (exact) mass is 262 g/mol. The summed E-state index contributed by atoms with van der Waals surface area (Å²) >= 11 is 0. The maximum atomic E-state index is 12.1. The highest BCUT2D eigenvalue weighted by atomic mass is 16.6. The Morgan fingerprint density at radius 2 is 2.11 bits per heavy atom. The summed E-state index contributed by atoms with van der Waals surface area (Å²) in [5, 5.41) is 10.6. The number of Topliss-reactive ketones (excluding diaryl/α,β-unsaturated/α-hetero) is 1. The first-order valence-corrected chi connectivity index (χ1v) is 6.63. The van der Waals surface area contributed by atoms with E-state index < -0.39 is 4.92 Å². The summed E-state index contributed by atoms with van der Waals surface area (Å²) in [5.41, 5.74) is 0.566. The number of hydrogen-bond donors (Lipinski definition) is 0. The van der Waals surface area contributed by atoms with E-state index in [4.69, 9.17) is 0 Å². The van der Waals surface area contributed by atoms with E-state index >= 15 is 0 Å². The number of carbonyl (C=O) groups excluding carboxylic acids is 1. The Labute approximate surface area is 112 Å². The molecule has 102 valence electrons. The number of carbonyl (C=O) groups is 1. The van der Waals surface area contributed by atoms with Crippen LogP contribution in [0.5, 0.6) is 0 Å². The van der Waals surface area contributed by atoms with Crippen LogP contribution < -0.4 is 0 Å². The van der Waals surface area contributed by atoms with Crippen LogP contribution >= 0.6 is 0 Å².